The summed E-state index contributed by atoms with van der Waals surface area (Å²) in [5.74, 6) is 0.453. The van der Waals surface area contributed by atoms with Crippen molar-refractivity contribution < 1.29 is 0 Å². The number of fused-ring (bicyclic) bond motifs is 1. The maximum absolute atomic E-state index is 8.83. The first kappa shape index (κ1) is 16.8. The number of aryl methyl sites for hydroxylation is 2. The van der Waals surface area contributed by atoms with Crippen molar-refractivity contribution in [3.05, 3.63) is 83.9 Å². The molecule has 138 valence electrons. The van der Waals surface area contributed by atoms with Crippen LogP contribution in [0.15, 0.2) is 72.8 Å². The first-order valence-corrected chi connectivity index (χ1v) is 9.72. The molecule has 0 bridgehead atoms. The van der Waals surface area contributed by atoms with Crippen LogP contribution in [-0.2, 0) is 12.8 Å². The molecular formula is C25H23N3. The zero-order valence-electron chi connectivity index (χ0n) is 16.2. The van der Waals surface area contributed by atoms with Gasteiger partial charge in [0, 0.05) is 25.2 Å². The summed E-state index contributed by atoms with van der Waals surface area (Å²) in [5, 5.41) is 13.9. The van der Waals surface area contributed by atoms with Crippen LogP contribution < -0.4 is 9.80 Å². The molecule has 28 heavy (non-hydrogen) atoms. The van der Waals surface area contributed by atoms with Crippen LogP contribution in [-0.4, -0.2) is 20.1 Å². The second-order valence-electron chi connectivity index (χ2n) is 7.56. The van der Waals surface area contributed by atoms with E-state index in [9.17, 15) is 0 Å². The van der Waals surface area contributed by atoms with E-state index in [1.807, 2.05) is 23.9 Å². The molecule has 0 aromatic heterocycles. The Morgan fingerprint density at radius 3 is 2.32 bits per heavy atom. The molecule has 0 atom stereocenters. The van der Waals surface area contributed by atoms with Crippen LogP contribution in [0.4, 0.5) is 11.4 Å². The lowest BCUT2D eigenvalue weighted by Crippen LogP contribution is -2.39. The molecular weight excluding hydrogens is 342 g/mol. The Balaban J connectivity index is 1.52. The average molecular weight is 365 g/mol. The van der Waals surface area contributed by atoms with Crippen molar-refractivity contribution in [2.75, 3.05) is 23.9 Å². The van der Waals surface area contributed by atoms with Gasteiger partial charge in [0.05, 0.1) is 5.69 Å². The average Bonchev–Trinajstić information content (AvgIpc) is 3.17. The maximum atomic E-state index is 8.83. The summed E-state index contributed by atoms with van der Waals surface area (Å²) >= 11 is 0. The van der Waals surface area contributed by atoms with Gasteiger partial charge in [-0.2, -0.15) is 0 Å². The zero-order chi connectivity index (χ0) is 19.3. The lowest BCUT2D eigenvalue weighted by Gasteiger charge is -2.29. The van der Waals surface area contributed by atoms with Crippen LogP contribution in [0.1, 0.15) is 11.1 Å². The van der Waals surface area contributed by atoms with Crippen LogP contribution in [0.2, 0.25) is 0 Å². The van der Waals surface area contributed by atoms with Crippen molar-refractivity contribution in [2.24, 2.45) is 0 Å². The summed E-state index contributed by atoms with van der Waals surface area (Å²) in [7, 11) is 3.95. The highest BCUT2D eigenvalue weighted by molar-refractivity contribution is 6.11. The van der Waals surface area contributed by atoms with Crippen LogP contribution >= 0.6 is 0 Å². The minimum atomic E-state index is 0.453. The van der Waals surface area contributed by atoms with E-state index in [2.05, 4.69) is 72.8 Å². The highest BCUT2D eigenvalue weighted by atomic mass is 15.3. The third-order valence-electron chi connectivity index (χ3n) is 5.97. The Hall–Kier alpha value is -3.33. The molecule has 0 unspecified atom stereocenters. The molecule has 0 radical (unpaired) electrons. The van der Waals surface area contributed by atoms with Gasteiger partial charge in [0.15, 0.2) is 0 Å². The van der Waals surface area contributed by atoms with E-state index in [4.69, 9.17) is 5.41 Å². The zero-order valence-corrected chi connectivity index (χ0v) is 16.2. The van der Waals surface area contributed by atoms with Crippen molar-refractivity contribution in [1.82, 2.24) is 0 Å². The van der Waals surface area contributed by atoms with Gasteiger partial charge >= 0.3 is 0 Å². The highest BCUT2D eigenvalue weighted by Crippen LogP contribution is 2.36. The SMILES string of the molecule is CN(C(=N)N(C)c1ccc2c3c(cccc13)CC2)c1ccc2ccccc2c1. The molecule has 0 saturated carbocycles. The Bertz CT molecular complexity index is 1210. The molecule has 0 amide bonds. The molecule has 5 rings (SSSR count). The molecule has 3 heteroatoms. The highest BCUT2D eigenvalue weighted by Gasteiger charge is 2.20. The molecule has 0 heterocycles. The number of guanidine groups is 1. The Labute approximate surface area is 165 Å². The van der Waals surface area contributed by atoms with Crippen LogP contribution in [0.5, 0.6) is 0 Å². The van der Waals surface area contributed by atoms with E-state index in [-0.39, 0.29) is 0 Å². The van der Waals surface area contributed by atoms with Gasteiger partial charge in [-0.05, 0) is 58.3 Å². The first-order chi connectivity index (χ1) is 13.6. The minimum Gasteiger partial charge on any atom is -0.316 e. The third kappa shape index (κ3) is 2.55. The summed E-state index contributed by atoms with van der Waals surface area (Å²) in [6, 6.07) is 25.6. The van der Waals surface area contributed by atoms with Gasteiger partial charge in [-0.3, -0.25) is 5.41 Å². The molecule has 4 aromatic rings. The summed E-state index contributed by atoms with van der Waals surface area (Å²) < 4.78 is 0. The van der Waals surface area contributed by atoms with Crippen molar-refractivity contribution in [3.63, 3.8) is 0 Å². The lowest BCUT2D eigenvalue weighted by molar-refractivity contribution is 1.02. The van der Waals surface area contributed by atoms with Gasteiger partial charge in [0.2, 0.25) is 5.96 Å². The summed E-state index contributed by atoms with van der Waals surface area (Å²) in [6.07, 6.45) is 2.24. The van der Waals surface area contributed by atoms with Gasteiger partial charge in [-0.1, -0.05) is 54.6 Å². The van der Waals surface area contributed by atoms with E-state index in [1.165, 1.54) is 32.7 Å². The fourth-order valence-corrected chi connectivity index (χ4v) is 4.37. The normalized spacial score (nSPS) is 12.5. The second kappa shape index (κ2) is 6.38. The van der Waals surface area contributed by atoms with Crippen LogP contribution in [0.3, 0.4) is 0 Å². The standard InChI is InChI=1S/C25H23N3/c1-27(21-14-12-17-6-3-4-7-20(17)16-21)25(26)28(2)23-15-13-19-11-10-18-8-5-9-22(23)24(18)19/h3-9,12-16,26H,10-11H2,1-2H3. The number of nitrogens with one attached hydrogen (secondary N) is 1. The maximum Gasteiger partial charge on any atom is 0.202 e. The van der Waals surface area contributed by atoms with Gasteiger partial charge < -0.3 is 9.80 Å². The predicted octanol–water partition coefficient (Wildman–Crippen LogP) is 5.60. The van der Waals surface area contributed by atoms with Crippen molar-refractivity contribution in [3.8, 4) is 0 Å². The monoisotopic (exact) mass is 365 g/mol. The van der Waals surface area contributed by atoms with E-state index >= 15 is 0 Å². The van der Waals surface area contributed by atoms with Gasteiger partial charge in [-0.15, -0.1) is 0 Å². The largest absolute Gasteiger partial charge is 0.316 e. The molecule has 1 aliphatic carbocycles. The number of nitrogens with zero attached hydrogens (tertiary/aromatic N) is 2. The van der Waals surface area contributed by atoms with Gasteiger partial charge in [0.1, 0.15) is 0 Å². The molecule has 3 nitrogen and oxygen atoms in total. The van der Waals surface area contributed by atoms with Crippen LogP contribution in [0, 0.1) is 5.41 Å². The smallest absolute Gasteiger partial charge is 0.202 e. The van der Waals surface area contributed by atoms with Crippen molar-refractivity contribution in [1.29, 1.82) is 5.41 Å². The summed E-state index contributed by atoms with van der Waals surface area (Å²) in [4.78, 5) is 3.92. The molecule has 4 aromatic carbocycles. The molecule has 0 spiro atoms. The van der Waals surface area contributed by atoms with Crippen LogP contribution in [0.25, 0.3) is 21.5 Å². The molecule has 1 aliphatic rings. The Kier molecular flexibility index (Phi) is 3.83. The second-order valence-corrected chi connectivity index (χ2v) is 7.56. The minimum absolute atomic E-state index is 0.453. The fraction of sp³-hybridized carbons (Fsp3) is 0.160. The molecule has 0 fully saturated rings. The fourth-order valence-electron chi connectivity index (χ4n) is 4.37. The first-order valence-electron chi connectivity index (χ1n) is 9.72. The molecule has 0 saturated heterocycles. The van der Waals surface area contributed by atoms with E-state index in [0.29, 0.717) is 5.96 Å². The number of anilines is 2. The van der Waals surface area contributed by atoms with Gasteiger partial charge in [-0.25, -0.2) is 0 Å². The van der Waals surface area contributed by atoms with E-state index < -0.39 is 0 Å². The number of hydrogen-bond acceptors (Lipinski definition) is 1. The van der Waals surface area contributed by atoms with E-state index in [1.54, 1.807) is 0 Å². The number of hydrogen-bond donors (Lipinski definition) is 1. The van der Waals surface area contributed by atoms with Crippen molar-refractivity contribution >= 4 is 38.9 Å². The van der Waals surface area contributed by atoms with Crippen molar-refractivity contribution in [2.45, 2.75) is 12.8 Å². The van der Waals surface area contributed by atoms with Gasteiger partial charge in [0.25, 0.3) is 0 Å². The Morgan fingerprint density at radius 1 is 0.750 bits per heavy atom. The predicted molar refractivity (Wildman–Crippen MR) is 120 cm³/mol. The summed E-state index contributed by atoms with van der Waals surface area (Å²) in [6.45, 7) is 0. The molecule has 0 aliphatic heterocycles. The topological polar surface area (TPSA) is 30.3 Å². The summed E-state index contributed by atoms with van der Waals surface area (Å²) in [5.41, 5.74) is 4.95. The molecule has 1 N–H and O–H groups in total. The third-order valence-corrected chi connectivity index (χ3v) is 5.97. The van der Waals surface area contributed by atoms with E-state index in [0.717, 1.165) is 24.2 Å². The number of rotatable bonds is 2. The quantitative estimate of drug-likeness (QED) is 0.370. The Morgan fingerprint density at radius 2 is 1.50 bits per heavy atom. The number of benzene rings is 4. The lowest BCUT2D eigenvalue weighted by atomic mass is 10.0.